The zero-order valence-electron chi connectivity index (χ0n) is 14.5. The maximum absolute atomic E-state index is 12.7. The molecule has 0 N–H and O–H groups in total. The second-order valence-corrected chi connectivity index (χ2v) is 7.00. The Kier molecular flexibility index (Phi) is 9.07. The van der Waals surface area contributed by atoms with E-state index in [9.17, 15) is 4.79 Å². The van der Waals surface area contributed by atoms with E-state index in [2.05, 4.69) is 13.8 Å². The molecule has 6 heteroatoms. The van der Waals surface area contributed by atoms with Crippen LogP contribution in [0, 0.1) is 5.92 Å². The van der Waals surface area contributed by atoms with E-state index in [0.29, 0.717) is 29.6 Å². The van der Waals surface area contributed by atoms with Crippen molar-refractivity contribution in [2.24, 2.45) is 5.92 Å². The Balaban J connectivity index is 0.00000312. The van der Waals surface area contributed by atoms with E-state index in [1.165, 1.54) is 0 Å². The normalized spacial score (nSPS) is 10.6. The Morgan fingerprint density at radius 2 is 1.56 bits per heavy atom. The van der Waals surface area contributed by atoms with Crippen molar-refractivity contribution in [3.8, 4) is 17.2 Å². The summed E-state index contributed by atoms with van der Waals surface area (Å²) in [5, 5.41) is 0.949. The van der Waals surface area contributed by atoms with Crippen LogP contribution in [0.1, 0.15) is 24.2 Å². The van der Waals surface area contributed by atoms with Crippen LogP contribution in [0.25, 0.3) is 0 Å². The molecule has 0 saturated carbocycles. The first-order chi connectivity index (χ1) is 11.5. The molecule has 4 nitrogen and oxygen atoms in total. The van der Waals surface area contributed by atoms with Crippen LogP contribution < -0.4 is 19.5 Å². The van der Waals surface area contributed by atoms with Gasteiger partial charge in [0.15, 0.2) is 5.52 Å². The van der Waals surface area contributed by atoms with Crippen LogP contribution in [0.4, 0.5) is 0 Å². The first kappa shape index (κ1) is 21.6. The number of carbonyl (C=O) groups excluding carboxylic acids is 1. The molecule has 0 aromatic heterocycles. The molecule has 1 unspecified atom stereocenters. The van der Waals surface area contributed by atoms with Crippen LogP contribution >= 0.6 is 8.58 Å². The molecule has 25 heavy (non-hydrogen) atoms. The van der Waals surface area contributed by atoms with Gasteiger partial charge in [-0.25, -0.2) is 0 Å². The number of benzene rings is 2. The van der Waals surface area contributed by atoms with Crippen molar-refractivity contribution >= 4 is 38.3 Å². The fraction of sp³-hybridized carbons (Fsp3) is 0.316. The summed E-state index contributed by atoms with van der Waals surface area (Å²) in [7, 11) is 3.10. The van der Waals surface area contributed by atoms with Gasteiger partial charge in [-0.2, -0.15) is 0 Å². The summed E-state index contributed by atoms with van der Waals surface area (Å²) in [6, 6.07) is 13.0. The fourth-order valence-corrected chi connectivity index (χ4v) is 3.13. The summed E-state index contributed by atoms with van der Waals surface area (Å²) in [6.07, 6.45) is 0. The third-order valence-electron chi connectivity index (χ3n) is 3.35. The predicted octanol–water partition coefficient (Wildman–Crippen LogP) is 3.23. The molecule has 0 heterocycles. The van der Waals surface area contributed by atoms with Gasteiger partial charge < -0.3 is 14.2 Å². The van der Waals surface area contributed by atoms with E-state index in [4.69, 9.17) is 14.2 Å². The van der Waals surface area contributed by atoms with Crippen LogP contribution in [0.5, 0.6) is 17.2 Å². The number of methoxy groups -OCH3 is 2. The number of rotatable bonds is 8. The van der Waals surface area contributed by atoms with Crippen LogP contribution in [-0.4, -0.2) is 45.2 Å². The first-order valence-electron chi connectivity index (χ1n) is 7.80. The fourth-order valence-electron chi connectivity index (χ4n) is 2.17. The van der Waals surface area contributed by atoms with E-state index in [0.717, 1.165) is 11.1 Å². The summed E-state index contributed by atoms with van der Waals surface area (Å²) < 4.78 is 16.3. The molecule has 0 bridgehead atoms. The molecular weight excluding hydrogens is 330 g/mol. The van der Waals surface area contributed by atoms with Gasteiger partial charge in [0.1, 0.15) is 22.8 Å². The van der Waals surface area contributed by atoms with Gasteiger partial charge in [0.25, 0.3) is 0 Å². The molecule has 2 aromatic carbocycles. The van der Waals surface area contributed by atoms with Gasteiger partial charge in [-0.15, -0.1) is 0 Å². The number of hydrogen-bond acceptors (Lipinski definition) is 4. The van der Waals surface area contributed by atoms with Gasteiger partial charge in [-0.1, -0.05) is 32.0 Å². The SMILES string of the molecule is COc1cccc(OC)c1C(=O)Pc1ccc(OCC(C)C)cc1.[LiH]. The first-order valence-corrected chi connectivity index (χ1v) is 8.80. The van der Waals surface area contributed by atoms with Gasteiger partial charge in [-0.05, 0) is 44.1 Å². The molecule has 0 amide bonds. The van der Waals surface area contributed by atoms with Gasteiger partial charge in [0.05, 0.1) is 20.8 Å². The number of carbonyl (C=O) groups is 1. The summed E-state index contributed by atoms with van der Waals surface area (Å²) in [5.74, 6) is 2.36. The minimum atomic E-state index is -0.0138. The zero-order chi connectivity index (χ0) is 17.5. The van der Waals surface area contributed by atoms with Gasteiger partial charge in [-0.3, -0.25) is 4.79 Å². The summed E-state index contributed by atoms with van der Waals surface area (Å²) >= 11 is 0. The van der Waals surface area contributed by atoms with Crippen molar-refractivity contribution in [3.05, 3.63) is 48.0 Å². The summed E-state index contributed by atoms with van der Waals surface area (Å²) in [4.78, 5) is 12.7. The molecular formula is C19H24LiO4P. The van der Waals surface area contributed by atoms with Gasteiger partial charge in [0, 0.05) is 0 Å². The Morgan fingerprint density at radius 3 is 2.04 bits per heavy atom. The second kappa shape index (κ2) is 10.5. The molecule has 0 aliphatic rings. The summed E-state index contributed by atoms with van der Waals surface area (Å²) in [5.41, 5.74) is 0.473. The Morgan fingerprint density at radius 1 is 1.00 bits per heavy atom. The van der Waals surface area contributed by atoms with E-state index < -0.39 is 0 Å². The number of ether oxygens (including phenoxy) is 3. The monoisotopic (exact) mass is 354 g/mol. The molecule has 130 valence electrons. The van der Waals surface area contributed by atoms with Crippen molar-refractivity contribution in [2.45, 2.75) is 13.8 Å². The Labute approximate surface area is 163 Å². The van der Waals surface area contributed by atoms with Gasteiger partial charge >= 0.3 is 18.9 Å². The maximum atomic E-state index is 12.7. The minimum absolute atomic E-state index is 0. The molecule has 2 aromatic rings. The molecule has 0 aliphatic heterocycles. The quantitative estimate of drug-likeness (QED) is 0.539. The molecule has 0 fully saturated rings. The topological polar surface area (TPSA) is 44.8 Å². The van der Waals surface area contributed by atoms with Crippen LogP contribution in [0.2, 0.25) is 0 Å². The van der Waals surface area contributed by atoms with E-state index in [-0.39, 0.29) is 33.0 Å². The average molecular weight is 354 g/mol. The predicted molar refractivity (Wildman–Crippen MR) is 106 cm³/mol. The van der Waals surface area contributed by atoms with E-state index in [1.54, 1.807) is 32.4 Å². The van der Waals surface area contributed by atoms with Crippen molar-refractivity contribution in [3.63, 3.8) is 0 Å². The Hall–Kier alpha value is -1.46. The zero-order valence-corrected chi connectivity index (χ0v) is 15.5. The Bertz CT molecular complexity index is 664. The molecule has 0 spiro atoms. The average Bonchev–Trinajstić information content (AvgIpc) is 2.60. The van der Waals surface area contributed by atoms with Crippen molar-refractivity contribution < 1.29 is 19.0 Å². The standard InChI is InChI=1S/C19H23O4P.Li.H/c1-13(2)12-23-14-8-10-15(11-9-14)24-19(20)18-16(21-3)6-5-7-17(18)22-4;;/h5-11,13,24H,12H2,1-4H3;;. The third kappa shape index (κ3) is 6.08. The van der Waals surface area contributed by atoms with Crippen molar-refractivity contribution in [1.29, 1.82) is 0 Å². The molecule has 0 aliphatic carbocycles. The van der Waals surface area contributed by atoms with E-state index in [1.807, 2.05) is 24.3 Å². The molecule has 2 rings (SSSR count). The summed E-state index contributed by atoms with van der Waals surface area (Å²) in [6.45, 7) is 4.89. The van der Waals surface area contributed by atoms with Crippen molar-refractivity contribution in [2.75, 3.05) is 20.8 Å². The second-order valence-electron chi connectivity index (χ2n) is 5.72. The van der Waals surface area contributed by atoms with Crippen LogP contribution in [-0.2, 0) is 0 Å². The van der Waals surface area contributed by atoms with Crippen LogP contribution in [0.3, 0.4) is 0 Å². The van der Waals surface area contributed by atoms with Crippen molar-refractivity contribution in [1.82, 2.24) is 0 Å². The number of hydrogen-bond donors (Lipinski definition) is 0. The van der Waals surface area contributed by atoms with Gasteiger partial charge in [0.2, 0.25) is 0 Å². The molecule has 0 radical (unpaired) electrons. The van der Waals surface area contributed by atoms with Crippen LogP contribution in [0.15, 0.2) is 42.5 Å². The molecule has 1 atom stereocenters. The molecule has 0 saturated heterocycles. The third-order valence-corrected chi connectivity index (χ3v) is 4.45. The van der Waals surface area contributed by atoms with E-state index >= 15 is 0 Å².